The lowest BCUT2D eigenvalue weighted by molar-refractivity contribution is -0.313. The first-order valence-corrected chi connectivity index (χ1v) is 7.71. The Morgan fingerprint density at radius 2 is 1.83 bits per heavy atom. The minimum absolute atomic E-state index is 0.332. The topological polar surface area (TPSA) is 78.5 Å². The van der Waals surface area contributed by atoms with E-state index in [1.165, 1.54) is 7.11 Å². The van der Waals surface area contributed by atoms with Crippen molar-refractivity contribution in [2.24, 2.45) is 11.8 Å². The molecule has 1 aliphatic carbocycles. The van der Waals surface area contributed by atoms with Crippen LogP contribution in [-0.2, 0) is 9.59 Å². The van der Waals surface area contributed by atoms with E-state index in [4.69, 9.17) is 16.3 Å². The number of carboxylic acid groups (broad SMARTS) is 1. The zero-order valence-corrected chi connectivity index (χ0v) is 14.1. The van der Waals surface area contributed by atoms with E-state index >= 15 is 0 Å². The lowest BCUT2D eigenvalue weighted by atomic mass is 9.76. The van der Waals surface area contributed by atoms with Crippen molar-refractivity contribution < 1.29 is 19.4 Å². The first kappa shape index (κ1) is 17.3. The molecule has 1 aliphatic rings. The van der Waals surface area contributed by atoms with Crippen molar-refractivity contribution in [1.82, 2.24) is 0 Å². The van der Waals surface area contributed by atoms with Crippen LogP contribution in [0.2, 0.25) is 5.02 Å². The molecule has 0 aliphatic heterocycles. The van der Waals surface area contributed by atoms with E-state index in [1.54, 1.807) is 18.2 Å². The third kappa shape index (κ3) is 3.85. The summed E-state index contributed by atoms with van der Waals surface area (Å²) in [5.41, 5.74) is 2.47. The number of ether oxygens (including phenoxy) is 1. The Labute approximate surface area is 140 Å². The van der Waals surface area contributed by atoms with Gasteiger partial charge in [-0.2, -0.15) is 0 Å². The number of aliphatic carboxylic acids is 1. The van der Waals surface area contributed by atoms with Crippen LogP contribution in [0, 0.1) is 11.8 Å². The molecule has 1 N–H and O–H groups in total. The number of hydrogen-bond donors (Lipinski definition) is 1. The Bertz CT molecular complexity index is 669. The third-order valence-electron chi connectivity index (χ3n) is 4.33. The van der Waals surface area contributed by atoms with Gasteiger partial charge >= 0.3 is 0 Å². The Morgan fingerprint density at radius 3 is 2.39 bits per heavy atom. The number of carboxylic acids is 1. The molecule has 2 atom stereocenters. The summed E-state index contributed by atoms with van der Waals surface area (Å²) in [5, 5.41) is 14.6. The number of allylic oxidation sites excluding steroid dienone is 2. The van der Waals surface area contributed by atoms with Crippen LogP contribution >= 0.6 is 11.6 Å². The Balaban J connectivity index is 2.25. The molecule has 1 amide bonds. The Hall–Kier alpha value is -2.01. The maximum Gasteiger partial charge on any atom is 0.228 e. The molecule has 5 nitrogen and oxygen atoms in total. The van der Waals surface area contributed by atoms with Crippen LogP contribution in [0.15, 0.2) is 29.3 Å². The second-order valence-electron chi connectivity index (χ2n) is 5.83. The van der Waals surface area contributed by atoms with Gasteiger partial charge < -0.3 is 20.0 Å². The molecule has 0 aromatic heterocycles. The number of carbonyl (C=O) groups excluding carboxylic acids is 2. The van der Waals surface area contributed by atoms with Gasteiger partial charge in [0, 0.05) is 16.9 Å². The van der Waals surface area contributed by atoms with E-state index < -0.39 is 17.8 Å². The zero-order chi connectivity index (χ0) is 17.1. The SMILES string of the molecule is COc1ccc(Cl)cc1NC(=O)[C@@H]1CC(C)=C(C)C[C@@H]1C(=O)[O-]. The number of halogens is 1. The summed E-state index contributed by atoms with van der Waals surface area (Å²) < 4.78 is 5.19. The molecule has 0 saturated carbocycles. The second kappa shape index (κ2) is 7.04. The third-order valence-corrected chi connectivity index (χ3v) is 4.56. The molecular formula is C17H19ClNO4-. The fourth-order valence-corrected chi connectivity index (χ4v) is 2.99. The first-order chi connectivity index (χ1) is 10.8. The molecule has 0 spiro atoms. The van der Waals surface area contributed by atoms with Crippen molar-refractivity contribution >= 4 is 29.2 Å². The van der Waals surface area contributed by atoms with Crippen molar-refractivity contribution in [3.8, 4) is 5.75 Å². The van der Waals surface area contributed by atoms with E-state index in [0.29, 0.717) is 29.3 Å². The highest BCUT2D eigenvalue weighted by Crippen LogP contribution is 2.36. The van der Waals surface area contributed by atoms with Gasteiger partial charge in [-0.1, -0.05) is 22.7 Å². The fourth-order valence-electron chi connectivity index (χ4n) is 2.82. The number of hydrogen-bond acceptors (Lipinski definition) is 4. The molecule has 1 aromatic rings. The maximum atomic E-state index is 12.6. The highest BCUT2D eigenvalue weighted by atomic mass is 35.5. The van der Waals surface area contributed by atoms with Crippen LogP contribution < -0.4 is 15.2 Å². The van der Waals surface area contributed by atoms with Gasteiger partial charge in [0.1, 0.15) is 5.75 Å². The summed E-state index contributed by atoms with van der Waals surface area (Å²) in [6.45, 7) is 3.81. The van der Waals surface area contributed by atoms with Crippen LogP contribution in [0.5, 0.6) is 5.75 Å². The van der Waals surface area contributed by atoms with E-state index in [1.807, 2.05) is 13.8 Å². The smallest absolute Gasteiger partial charge is 0.228 e. The molecule has 0 radical (unpaired) electrons. The number of anilines is 1. The molecule has 23 heavy (non-hydrogen) atoms. The van der Waals surface area contributed by atoms with Gasteiger partial charge in [-0.05, 0) is 44.9 Å². The Kier molecular flexibility index (Phi) is 5.31. The number of amides is 1. The van der Waals surface area contributed by atoms with Gasteiger partial charge in [0.25, 0.3) is 0 Å². The average Bonchev–Trinajstić information content (AvgIpc) is 2.49. The second-order valence-corrected chi connectivity index (χ2v) is 6.27. The molecule has 2 rings (SSSR count). The van der Waals surface area contributed by atoms with E-state index in [0.717, 1.165) is 11.1 Å². The first-order valence-electron chi connectivity index (χ1n) is 7.34. The number of carbonyl (C=O) groups is 2. The molecule has 1 aromatic carbocycles. The molecule has 124 valence electrons. The predicted octanol–water partition coefficient (Wildman–Crippen LogP) is 2.40. The zero-order valence-electron chi connectivity index (χ0n) is 13.3. The normalized spacial score (nSPS) is 21.0. The number of methoxy groups -OCH3 is 1. The van der Waals surface area contributed by atoms with Crippen LogP contribution in [0.3, 0.4) is 0 Å². The van der Waals surface area contributed by atoms with Crippen LogP contribution in [-0.4, -0.2) is 19.0 Å². The van der Waals surface area contributed by atoms with Crippen molar-refractivity contribution in [3.63, 3.8) is 0 Å². The van der Waals surface area contributed by atoms with E-state index in [-0.39, 0.29) is 5.91 Å². The van der Waals surface area contributed by atoms with Crippen LogP contribution in [0.25, 0.3) is 0 Å². The molecule has 0 unspecified atom stereocenters. The highest BCUT2D eigenvalue weighted by Gasteiger charge is 2.33. The maximum absolute atomic E-state index is 12.6. The van der Waals surface area contributed by atoms with E-state index in [2.05, 4.69) is 5.32 Å². The lowest BCUT2D eigenvalue weighted by Gasteiger charge is -2.32. The monoisotopic (exact) mass is 336 g/mol. The standard InChI is InChI=1S/C17H20ClNO4/c1-9-6-12(13(17(21)22)7-10(9)2)16(20)19-14-8-11(18)4-5-15(14)23-3/h4-5,8,12-13H,6-7H2,1-3H3,(H,19,20)(H,21,22)/p-1/t12-,13+/m1/s1. The highest BCUT2D eigenvalue weighted by molar-refractivity contribution is 6.31. The summed E-state index contributed by atoms with van der Waals surface area (Å²) in [4.78, 5) is 24.0. The summed E-state index contributed by atoms with van der Waals surface area (Å²) in [5.74, 6) is -2.61. The lowest BCUT2D eigenvalue weighted by Crippen LogP contribution is -2.42. The predicted molar refractivity (Wildman–Crippen MR) is 86.2 cm³/mol. The van der Waals surface area contributed by atoms with E-state index in [9.17, 15) is 14.7 Å². The summed E-state index contributed by atoms with van der Waals surface area (Å²) in [7, 11) is 1.49. The number of nitrogens with one attached hydrogen (secondary N) is 1. The summed E-state index contributed by atoms with van der Waals surface area (Å²) in [6.07, 6.45) is 0.734. The average molecular weight is 337 g/mol. The molecule has 0 fully saturated rings. The van der Waals surface area contributed by atoms with Gasteiger partial charge in [0.05, 0.1) is 18.7 Å². The van der Waals surface area contributed by atoms with Crippen LogP contribution in [0.1, 0.15) is 26.7 Å². The van der Waals surface area contributed by atoms with Crippen molar-refractivity contribution in [2.75, 3.05) is 12.4 Å². The van der Waals surface area contributed by atoms with Crippen molar-refractivity contribution in [2.45, 2.75) is 26.7 Å². The number of rotatable bonds is 4. The van der Waals surface area contributed by atoms with Gasteiger partial charge in [-0.15, -0.1) is 0 Å². The summed E-state index contributed by atoms with van der Waals surface area (Å²) >= 11 is 5.95. The molecule has 6 heteroatoms. The summed E-state index contributed by atoms with van der Waals surface area (Å²) in [6, 6.07) is 4.87. The Morgan fingerprint density at radius 1 is 1.22 bits per heavy atom. The minimum Gasteiger partial charge on any atom is -0.550 e. The quantitative estimate of drug-likeness (QED) is 0.856. The van der Waals surface area contributed by atoms with Crippen molar-refractivity contribution in [1.29, 1.82) is 0 Å². The largest absolute Gasteiger partial charge is 0.550 e. The number of benzene rings is 1. The van der Waals surface area contributed by atoms with Gasteiger partial charge in [0.15, 0.2) is 0 Å². The molecular weight excluding hydrogens is 318 g/mol. The molecule has 0 heterocycles. The van der Waals surface area contributed by atoms with Gasteiger partial charge in [0.2, 0.25) is 5.91 Å². The van der Waals surface area contributed by atoms with Gasteiger partial charge in [-0.25, -0.2) is 0 Å². The molecule has 0 bridgehead atoms. The molecule has 0 saturated heterocycles. The van der Waals surface area contributed by atoms with Gasteiger partial charge in [-0.3, -0.25) is 4.79 Å². The van der Waals surface area contributed by atoms with Crippen LogP contribution in [0.4, 0.5) is 5.69 Å². The minimum atomic E-state index is -1.20. The fraction of sp³-hybridized carbons (Fsp3) is 0.412. The van der Waals surface area contributed by atoms with Crippen molar-refractivity contribution in [3.05, 3.63) is 34.4 Å².